The Kier molecular flexibility index (Phi) is 6.47. The summed E-state index contributed by atoms with van der Waals surface area (Å²) < 4.78 is 5.26. The normalized spacial score (nSPS) is 11.2. The molecule has 142 valence electrons. The summed E-state index contributed by atoms with van der Waals surface area (Å²) in [7, 11) is 1.61. The fraction of sp³-hybridized carbons (Fsp3) is 0.0500. The number of aromatic nitrogens is 2. The summed E-state index contributed by atoms with van der Waals surface area (Å²) >= 11 is 12.1. The van der Waals surface area contributed by atoms with E-state index in [1.807, 2.05) is 30.3 Å². The van der Waals surface area contributed by atoms with Crippen LogP contribution in [0.25, 0.3) is 17.3 Å². The average Bonchev–Trinajstić information content (AvgIpc) is 3.18. The van der Waals surface area contributed by atoms with Gasteiger partial charge < -0.3 is 4.74 Å². The molecule has 0 saturated carbocycles. The summed E-state index contributed by atoms with van der Waals surface area (Å²) in [6, 6.07) is 14.2. The molecule has 2 N–H and O–H groups in total. The molecule has 8 heteroatoms. The maximum atomic E-state index is 12.2. The minimum Gasteiger partial charge on any atom is -0.496 e. The molecule has 3 rings (SSSR count). The number of halogens is 2. The Morgan fingerprint density at radius 1 is 1.21 bits per heavy atom. The highest BCUT2D eigenvalue weighted by Crippen LogP contribution is 2.29. The van der Waals surface area contributed by atoms with Crippen molar-refractivity contribution in [2.75, 3.05) is 7.11 Å². The summed E-state index contributed by atoms with van der Waals surface area (Å²) in [4.78, 5) is 12.2. The number of ether oxygens (including phenoxy) is 1. The number of aromatic amines is 1. The molecule has 1 aromatic heterocycles. The van der Waals surface area contributed by atoms with Crippen LogP contribution in [-0.4, -0.2) is 29.4 Å². The predicted octanol–water partition coefficient (Wildman–Crippen LogP) is 4.82. The topological polar surface area (TPSA) is 79.4 Å². The van der Waals surface area contributed by atoms with Crippen molar-refractivity contribution in [1.82, 2.24) is 15.6 Å². The number of H-pyrrole nitrogens is 1. The van der Waals surface area contributed by atoms with Crippen molar-refractivity contribution in [2.24, 2.45) is 5.10 Å². The van der Waals surface area contributed by atoms with Gasteiger partial charge in [0.1, 0.15) is 11.4 Å². The van der Waals surface area contributed by atoms with E-state index in [0.717, 1.165) is 11.3 Å². The lowest BCUT2D eigenvalue weighted by molar-refractivity contribution is 0.0950. The summed E-state index contributed by atoms with van der Waals surface area (Å²) in [5.41, 5.74) is 4.79. The molecular formula is C20H16Cl2N4O2. The Balaban J connectivity index is 1.62. The first-order chi connectivity index (χ1) is 13.6. The van der Waals surface area contributed by atoms with Crippen molar-refractivity contribution in [3.8, 4) is 17.0 Å². The number of nitrogens with one attached hydrogen (secondary N) is 2. The standard InChI is InChI=1S/C20H16Cl2N4O2/c1-28-19-7-3-2-5-13(19)6-4-10-23-26-20(27)18-12-17(24-25-18)15-9-8-14(21)11-16(15)22/h2-12H,1H3,(H,24,25)(H,26,27)/b6-4+,23-10-. The number of nitrogens with zero attached hydrogens (tertiary/aromatic N) is 2. The molecule has 1 amide bonds. The Labute approximate surface area is 171 Å². The lowest BCUT2D eigenvalue weighted by atomic mass is 10.1. The second-order valence-corrected chi connectivity index (χ2v) is 6.45. The first-order valence-corrected chi connectivity index (χ1v) is 8.98. The summed E-state index contributed by atoms with van der Waals surface area (Å²) in [5, 5.41) is 11.6. The maximum absolute atomic E-state index is 12.2. The molecule has 0 bridgehead atoms. The van der Waals surface area contributed by atoms with E-state index in [1.54, 1.807) is 37.5 Å². The number of benzene rings is 2. The van der Waals surface area contributed by atoms with Gasteiger partial charge in [-0.2, -0.15) is 10.2 Å². The lowest BCUT2D eigenvalue weighted by Gasteiger charge is -2.02. The van der Waals surface area contributed by atoms with Crippen molar-refractivity contribution < 1.29 is 9.53 Å². The first-order valence-electron chi connectivity index (χ1n) is 8.22. The van der Waals surface area contributed by atoms with Gasteiger partial charge in [0.05, 0.1) is 17.8 Å². The van der Waals surface area contributed by atoms with Crippen LogP contribution >= 0.6 is 23.2 Å². The van der Waals surface area contributed by atoms with E-state index < -0.39 is 5.91 Å². The molecule has 1 heterocycles. The van der Waals surface area contributed by atoms with Crippen LogP contribution in [-0.2, 0) is 0 Å². The van der Waals surface area contributed by atoms with E-state index >= 15 is 0 Å². The van der Waals surface area contributed by atoms with Crippen molar-refractivity contribution in [1.29, 1.82) is 0 Å². The quantitative estimate of drug-likeness (QED) is 0.448. The second-order valence-electron chi connectivity index (χ2n) is 5.61. The molecule has 0 unspecified atom stereocenters. The van der Waals surface area contributed by atoms with E-state index in [9.17, 15) is 4.79 Å². The predicted molar refractivity (Wildman–Crippen MR) is 112 cm³/mol. The zero-order valence-electron chi connectivity index (χ0n) is 14.8. The molecule has 0 radical (unpaired) electrons. The average molecular weight is 415 g/mol. The summed E-state index contributed by atoms with van der Waals surface area (Å²) in [6.45, 7) is 0. The third-order valence-corrected chi connectivity index (χ3v) is 4.32. The number of hydrazone groups is 1. The molecule has 0 aliphatic rings. The largest absolute Gasteiger partial charge is 0.496 e. The molecule has 3 aromatic rings. The molecular weight excluding hydrogens is 399 g/mol. The van der Waals surface area contributed by atoms with Gasteiger partial charge in [0.15, 0.2) is 0 Å². The number of methoxy groups -OCH3 is 1. The third-order valence-electron chi connectivity index (χ3n) is 3.77. The number of para-hydroxylation sites is 1. The zero-order valence-corrected chi connectivity index (χ0v) is 16.3. The molecule has 0 aliphatic heterocycles. The number of amides is 1. The van der Waals surface area contributed by atoms with Gasteiger partial charge in [-0.15, -0.1) is 0 Å². The Morgan fingerprint density at radius 3 is 2.82 bits per heavy atom. The molecule has 0 atom stereocenters. The van der Waals surface area contributed by atoms with Crippen molar-refractivity contribution in [3.63, 3.8) is 0 Å². The van der Waals surface area contributed by atoms with Crippen molar-refractivity contribution in [2.45, 2.75) is 0 Å². The number of carbonyl (C=O) groups is 1. The zero-order chi connectivity index (χ0) is 19.9. The van der Waals surface area contributed by atoms with E-state index in [2.05, 4.69) is 20.7 Å². The van der Waals surface area contributed by atoms with Gasteiger partial charge in [-0.1, -0.05) is 41.4 Å². The highest BCUT2D eigenvalue weighted by atomic mass is 35.5. The van der Waals surface area contributed by atoms with Crippen LogP contribution in [0.3, 0.4) is 0 Å². The van der Waals surface area contributed by atoms with Gasteiger partial charge in [0, 0.05) is 22.4 Å². The molecule has 2 aromatic carbocycles. The van der Waals surface area contributed by atoms with Crippen molar-refractivity contribution >= 4 is 41.4 Å². The molecule has 6 nitrogen and oxygen atoms in total. The molecule has 0 aliphatic carbocycles. The Hall–Kier alpha value is -3.09. The number of carbonyl (C=O) groups excluding carboxylic acids is 1. The SMILES string of the molecule is COc1ccccc1/C=C/C=N\NC(=O)c1cc(-c2ccc(Cl)cc2Cl)n[nH]1. The van der Waals surface area contributed by atoms with E-state index in [1.165, 1.54) is 6.21 Å². The van der Waals surface area contributed by atoms with Crippen LogP contribution in [0.4, 0.5) is 0 Å². The Bertz CT molecular complexity index is 1040. The van der Waals surface area contributed by atoms with Gasteiger partial charge in [-0.3, -0.25) is 9.89 Å². The number of hydrogen-bond donors (Lipinski definition) is 2. The van der Waals surface area contributed by atoms with E-state index in [0.29, 0.717) is 21.3 Å². The summed E-state index contributed by atoms with van der Waals surface area (Å²) in [5.74, 6) is 0.327. The highest BCUT2D eigenvalue weighted by Gasteiger charge is 2.12. The molecule has 0 saturated heterocycles. The first kappa shape index (κ1) is 19.7. The van der Waals surface area contributed by atoms with Crippen LogP contribution < -0.4 is 10.2 Å². The second kappa shape index (κ2) is 9.21. The minimum atomic E-state index is -0.425. The van der Waals surface area contributed by atoms with E-state index in [-0.39, 0.29) is 5.69 Å². The van der Waals surface area contributed by atoms with E-state index in [4.69, 9.17) is 27.9 Å². The lowest BCUT2D eigenvalue weighted by Crippen LogP contribution is -2.17. The third kappa shape index (κ3) is 4.79. The highest BCUT2D eigenvalue weighted by molar-refractivity contribution is 6.36. The molecule has 0 fully saturated rings. The van der Waals surface area contributed by atoms with Crippen LogP contribution in [0.2, 0.25) is 10.0 Å². The minimum absolute atomic E-state index is 0.256. The number of rotatable bonds is 6. The Morgan fingerprint density at radius 2 is 2.04 bits per heavy atom. The molecule has 28 heavy (non-hydrogen) atoms. The van der Waals surface area contributed by atoms with Crippen LogP contribution in [0.5, 0.6) is 5.75 Å². The molecule has 0 spiro atoms. The van der Waals surface area contributed by atoms with Gasteiger partial charge in [0.2, 0.25) is 0 Å². The number of hydrogen-bond acceptors (Lipinski definition) is 4. The van der Waals surface area contributed by atoms with Gasteiger partial charge in [0.25, 0.3) is 5.91 Å². The summed E-state index contributed by atoms with van der Waals surface area (Å²) in [6.07, 6.45) is 4.99. The maximum Gasteiger partial charge on any atom is 0.289 e. The van der Waals surface area contributed by atoms with Crippen molar-refractivity contribution in [3.05, 3.63) is 75.9 Å². The van der Waals surface area contributed by atoms with Gasteiger partial charge in [-0.25, -0.2) is 5.43 Å². The van der Waals surface area contributed by atoms with Crippen LogP contribution in [0.15, 0.2) is 59.7 Å². The van der Waals surface area contributed by atoms with Crippen LogP contribution in [0, 0.1) is 0 Å². The van der Waals surface area contributed by atoms with Gasteiger partial charge >= 0.3 is 0 Å². The van der Waals surface area contributed by atoms with Gasteiger partial charge in [-0.05, 0) is 42.5 Å². The smallest absolute Gasteiger partial charge is 0.289 e. The number of allylic oxidation sites excluding steroid dienone is 1. The van der Waals surface area contributed by atoms with Crippen LogP contribution in [0.1, 0.15) is 16.1 Å². The fourth-order valence-corrected chi connectivity index (χ4v) is 2.93. The fourth-order valence-electron chi connectivity index (χ4n) is 2.42. The monoisotopic (exact) mass is 414 g/mol.